The van der Waals surface area contributed by atoms with E-state index in [1.807, 2.05) is 40.2 Å². The molecule has 1 saturated heterocycles. The van der Waals surface area contributed by atoms with Crippen LogP contribution in [-0.2, 0) is 16.0 Å². The fraction of sp³-hybridized carbons (Fsp3) is 0.152. The molecule has 1 aliphatic rings. The van der Waals surface area contributed by atoms with Crippen LogP contribution in [0.25, 0.3) is 27.6 Å². The normalized spacial score (nSPS) is 13.2. The number of amides is 1. The van der Waals surface area contributed by atoms with Crippen molar-refractivity contribution >= 4 is 45.2 Å². The van der Waals surface area contributed by atoms with Crippen LogP contribution >= 0.6 is 11.3 Å². The number of ether oxygens (including phenoxy) is 1. The largest absolute Gasteiger partial charge is 0.378 e. The van der Waals surface area contributed by atoms with Gasteiger partial charge in [0.15, 0.2) is 16.6 Å². The van der Waals surface area contributed by atoms with Crippen LogP contribution in [0.5, 0.6) is 0 Å². The average molecular weight is 624 g/mol. The first-order valence-corrected chi connectivity index (χ1v) is 15.2. The summed E-state index contributed by atoms with van der Waals surface area (Å²) in [5.74, 6) is -2.03. The molecule has 45 heavy (non-hydrogen) atoms. The quantitative estimate of drug-likeness (QED) is 0.198. The van der Waals surface area contributed by atoms with Gasteiger partial charge >= 0.3 is 0 Å². The Morgan fingerprint density at radius 2 is 1.78 bits per heavy atom. The zero-order valence-corrected chi connectivity index (χ0v) is 24.7. The molecular formula is C33H27F2N7O2S. The maximum Gasteiger partial charge on any atom is 0.228 e. The molecule has 0 saturated carbocycles. The van der Waals surface area contributed by atoms with Gasteiger partial charge in [-0.1, -0.05) is 24.3 Å². The first-order valence-electron chi connectivity index (χ1n) is 14.3. The second kappa shape index (κ2) is 12.4. The van der Waals surface area contributed by atoms with Crippen LogP contribution in [0.2, 0.25) is 0 Å². The Morgan fingerprint density at radius 1 is 0.956 bits per heavy atom. The molecule has 2 N–H and O–H groups in total. The minimum atomic E-state index is -1.02. The second-order valence-electron chi connectivity index (χ2n) is 10.4. The molecule has 0 atom stereocenters. The lowest BCUT2D eigenvalue weighted by molar-refractivity contribution is -0.115. The van der Waals surface area contributed by atoms with Gasteiger partial charge in [-0.25, -0.2) is 23.7 Å². The fourth-order valence-electron chi connectivity index (χ4n) is 5.30. The Labute approximate surface area is 261 Å². The monoisotopic (exact) mass is 623 g/mol. The van der Waals surface area contributed by atoms with Crippen molar-refractivity contribution < 1.29 is 18.3 Å². The first kappa shape index (κ1) is 28.6. The van der Waals surface area contributed by atoms with Crippen LogP contribution in [0.1, 0.15) is 5.56 Å². The summed E-state index contributed by atoms with van der Waals surface area (Å²) < 4.78 is 35.2. The van der Waals surface area contributed by atoms with E-state index in [9.17, 15) is 13.6 Å². The molecule has 9 nitrogen and oxygen atoms in total. The number of nitrogens with one attached hydrogen (secondary N) is 2. The number of halogens is 2. The number of hydrogen-bond donors (Lipinski definition) is 2. The molecule has 1 amide bonds. The van der Waals surface area contributed by atoms with Crippen molar-refractivity contribution in [2.24, 2.45) is 0 Å². The summed E-state index contributed by atoms with van der Waals surface area (Å²) in [4.78, 5) is 29.9. The van der Waals surface area contributed by atoms with E-state index in [1.165, 1.54) is 23.5 Å². The molecule has 1 aliphatic heterocycles. The van der Waals surface area contributed by atoms with Crippen molar-refractivity contribution in [2.45, 2.75) is 6.42 Å². The number of benzene rings is 3. The van der Waals surface area contributed by atoms with Crippen molar-refractivity contribution in [1.29, 1.82) is 0 Å². The van der Waals surface area contributed by atoms with E-state index in [2.05, 4.69) is 32.7 Å². The third kappa shape index (κ3) is 6.10. The van der Waals surface area contributed by atoms with Crippen molar-refractivity contribution in [1.82, 2.24) is 19.4 Å². The molecule has 0 aliphatic carbocycles. The minimum Gasteiger partial charge on any atom is -0.378 e. The zero-order valence-electron chi connectivity index (χ0n) is 23.9. The smallest absolute Gasteiger partial charge is 0.228 e. The minimum absolute atomic E-state index is 0.0125. The van der Waals surface area contributed by atoms with E-state index in [0.29, 0.717) is 23.0 Å². The van der Waals surface area contributed by atoms with Crippen LogP contribution in [0.4, 0.5) is 31.8 Å². The van der Waals surface area contributed by atoms with E-state index in [0.717, 1.165) is 60.0 Å². The van der Waals surface area contributed by atoms with Crippen LogP contribution in [-0.4, -0.2) is 51.6 Å². The molecule has 6 aromatic rings. The zero-order chi connectivity index (χ0) is 30.8. The van der Waals surface area contributed by atoms with Crippen LogP contribution in [0, 0.1) is 11.6 Å². The number of hydrogen-bond acceptors (Lipinski definition) is 8. The van der Waals surface area contributed by atoms with Gasteiger partial charge in [-0.2, -0.15) is 0 Å². The van der Waals surface area contributed by atoms with E-state index in [1.54, 1.807) is 24.4 Å². The second-order valence-corrected chi connectivity index (χ2v) is 11.3. The number of morpholine rings is 1. The van der Waals surface area contributed by atoms with E-state index < -0.39 is 17.5 Å². The molecule has 3 aromatic heterocycles. The lowest BCUT2D eigenvalue weighted by Gasteiger charge is -2.28. The summed E-state index contributed by atoms with van der Waals surface area (Å²) in [6.07, 6.45) is 3.33. The van der Waals surface area contributed by atoms with Gasteiger partial charge in [-0.15, -0.1) is 11.3 Å². The van der Waals surface area contributed by atoms with Crippen molar-refractivity contribution in [3.05, 3.63) is 108 Å². The van der Waals surface area contributed by atoms with Crippen molar-refractivity contribution in [2.75, 3.05) is 41.8 Å². The standard InChI is InChI=1S/C33H27F2N7O2S/c34-26-6-2-3-21(29(26)35)20-28(43)37-24-5-1-4-22(19-24)30-31(42-15-18-45-33(42)40-30)27-11-12-36-32(39-27)38-23-7-9-25(10-8-23)41-13-16-44-17-14-41/h1-12,15,18-19H,13-14,16-17,20H2,(H,37,43)(H,36,38,39). The molecule has 0 unspecified atom stereocenters. The number of aromatic nitrogens is 4. The molecule has 0 radical (unpaired) electrons. The van der Waals surface area contributed by atoms with Gasteiger partial charge in [-0.05, 0) is 48.5 Å². The molecule has 0 bridgehead atoms. The van der Waals surface area contributed by atoms with Gasteiger partial charge in [0.25, 0.3) is 0 Å². The predicted octanol–water partition coefficient (Wildman–Crippen LogP) is 6.56. The third-order valence-corrected chi connectivity index (χ3v) is 8.22. The van der Waals surface area contributed by atoms with E-state index >= 15 is 0 Å². The molecule has 226 valence electrons. The molecule has 0 spiro atoms. The first-order chi connectivity index (χ1) is 22.0. The highest BCUT2D eigenvalue weighted by Crippen LogP contribution is 2.35. The summed E-state index contributed by atoms with van der Waals surface area (Å²) in [5, 5.41) is 8.05. The lowest BCUT2D eigenvalue weighted by Crippen LogP contribution is -2.36. The molecule has 12 heteroatoms. The van der Waals surface area contributed by atoms with Gasteiger partial charge < -0.3 is 20.3 Å². The summed E-state index contributed by atoms with van der Waals surface area (Å²) in [7, 11) is 0. The van der Waals surface area contributed by atoms with Gasteiger partial charge in [0.1, 0.15) is 5.69 Å². The maximum absolute atomic E-state index is 14.1. The summed E-state index contributed by atoms with van der Waals surface area (Å²) in [5.41, 5.74) is 5.35. The van der Waals surface area contributed by atoms with E-state index in [-0.39, 0.29) is 12.0 Å². The van der Waals surface area contributed by atoms with Gasteiger partial charge in [0, 0.05) is 59.1 Å². The van der Waals surface area contributed by atoms with Crippen LogP contribution in [0.15, 0.2) is 90.6 Å². The lowest BCUT2D eigenvalue weighted by atomic mass is 10.1. The molecule has 7 rings (SSSR count). The number of rotatable bonds is 8. The topological polar surface area (TPSA) is 96.7 Å². The number of fused-ring (bicyclic) bond motifs is 1. The number of nitrogens with zero attached hydrogens (tertiary/aromatic N) is 5. The average Bonchev–Trinajstić information content (AvgIpc) is 3.66. The maximum atomic E-state index is 14.1. The summed E-state index contributed by atoms with van der Waals surface area (Å²) in [6, 6.07) is 21.0. The molecule has 4 heterocycles. The SMILES string of the molecule is O=C(Cc1cccc(F)c1F)Nc1cccc(-c2nc3sccn3c2-c2ccnc(Nc3ccc(N4CCOCC4)cc3)n2)c1. The summed E-state index contributed by atoms with van der Waals surface area (Å²) in [6.45, 7) is 3.19. The van der Waals surface area contributed by atoms with Crippen molar-refractivity contribution in [3.8, 4) is 22.6 Å². The summed E-state index contributed by atoms with van der Waals surface area (Å²) >= 11 is 1.50. The van der Waals surface area contributed by atoms with E-state index in [4.69, 9.17) is 14.7 Å². The Morgan fingerprint density at radius 3 is 2.62 bits per heavy atom. The number of imidazole rings is 1. The predicted molar refractivity (Wildman–Crippen MR) is 171 cm³/mol. The Bertz CT molecular complexity index is 1990. The molecule has 3 aromatic carbocycles. The van der Waals surface area contributed by atoms with Gasteiger partial charge in [0.05, 0.1) is 31.0 Å². The molecular weight excluding hydrogens is 596 g/mol. The number of carbonyl (C=O) groups excluding carboxylic acids is 1. The highest BCUT2D eigenvalue weighted by atomic mass is 32.1. The van der Waals surface area contributed by atoms with Gasteiger partial charge in [-0.3, -0.25) is 9.20 Å². The number of thiazole rings is 1. The van der Waals surface area contributed by atoms with Gasteiger partial charge in [0.2, 0.25) is 11.9 Å². The van der Waals surface area contributed by atoms with Crippen molar-refractivity contribution in [3.63, 3.8) is 0 Å². The molecule has 1 fully saturated rings. The number of carbonyl (C=O) groups is 1. The number of anilines is 4. The Kier molecular flexibility index (Phi) is 7.89. The Balaban J connectivity index is 1.14. The fourth-order valence-corrected chi connectivity index (χ4v) is 6.01. The third-order valence-electron chi connectivity index (χ3n) is 7.46. The van der Waals surface area contributed by atoms with Crippen LogP contribution < -0.4 is 15.5 Å². The van der Waals surface area contributed by atoms with Crippen LogP contribution in [0.3, 0.4) is 0 Å². The highest BCUT2D eigenvalue weighted by Gasteiger charge is 2.20. The Hall–Kier alpha value is -5.20. The highest BCUT2D eigenvalue weighted by molar-refractivity contribution is 7.15.